The van der Waals surface area contributed by atoms with Gasteiger partial charge in [-0.05, 0) is 49.1 Å². The second-order valence-electron chi connectivity index (χ2n) is 8.23. The van der Waals surface area contributed by atoms with Crippen molar-refractivity contribution in [2.75, 3.05) is 16.8 Å². The second kappa shape index (κ2) is 8.67. The van der Waals surface area contributed by atoms with Gasteiger partial charge in [0.2, 0.25) is 5.91 Å². The zero-order valence-corrected chi connectivity index (χ0v) is 18.8. The van der Waals surface area contributed by atoms with Crippen LogP contribution in [0.4, 0.5) is 11.4 Å². The first kappa shape index (κ1) is 21.2. The number of rotatable bonds is 6. The predicted octanol–water partition coefficient (Wildman–Crippen LogP) is 5.06. The molecule has 1 N–H and O–H groups in total. The van der Waals surface area contributed by atoms with Crippen molar-refractivity contribution in [2.45, 2.75) is 19.8 Å². The average Bonchev–Trinajstić information content (AvgIpc) is 3.52. The van der Waals surface area contributed by atoms with Gasteiger partial charge in [-0.2, -0.15) is 0 Å². The molecular formula is C25H22ClN5O2. The van der Waals surface area contributed by atoms with Gasteiger partial charge in [0.25, 0.3) is 5.91 Å². The second-order valence-corrected chi connectivity index (χ2v) is 8.64. The number of pyridine rings is 2. The van der Waals surface area contributed by atoms with Crippen LogP contribution in [0.15, 0.2) is 67.3 Å². The maximum absolute atomic E-state index is 12.6. The van der Waals surface area contributed by atoms with Crippen molar-refractivity contribution in [2.24, 2.45) is 5.92 Å². The molecule has 166 valence electrons. The summed E-state index contributed by atoms with van der Waals surface area (Å²) in [5.74, 6) is 0.291. The molecule has 33 heavy (non-hydrogen) atoms. The highest BCUT2D eigenvalue weighted by atomic mass is 35.5. The molecule has 7 nitrogen and oxygen atoms in total. The van der Waals surface area contributed by atoms with Gasteiger partial charge in [-0.3, -0.25) is 14.6 Å². The van der Waals surface area contributed by atoms with Gasteiger partial charge in [0.05, 0.1) is 22.0 Å². The Labute approximate surface area is 196 Å². The van der Waals surface area contributed by atoms with E-state index in [1.807, 2.05) is 41.1 Å². The van der Waals surface area contributed by atoms with Crippen LogP contribution < -0.4 is 10.2 Å². The molecule has 0 spiro atoms. The molecule has 0 radical (unpaired) electrons. The Morgan fingerprint density at radius 3 is 2.67 bits per heavy atom. The van der Waals surface area contributed by atoms with Crippen LogP contribution in [0.1, 0.15) is 30.1 Å². The van der Waals surface area contributed by atoms with Gasteiger partial charge < -0.3 is 14.6 Å². The fraction of sp³-hybridized carbons (Fsp3) is 0.200. The number of imidazole rings is 1. The van der Waals surface area contributed by atoms with Crippen molar-refractivity contribution >= 4 is 40.4 Å². The minimum absolute atomic E-state index is 0.0167. The first-order valence-electron chi connectivity index (χ1n) is 10.8. The third-order valence-electron chi connectivity index (χ3n) is 5.73. The molecule has 0 unspecified atom stereocenters. The quantitative estimate of drug-likeness (QED) is 0.436. The van der Waals surface area contributed by atoms with Gasteiger partial charge in [0.15, 0.2) is 0 Å². The maximum atomic E-state index is 12.6. The monoisotopic (exact) mass is 459 g/mol. The van der Waals surface area contributed by atoms with Crippen molar-refractivity contribution in [1.29, 1.82) is 0 Å². The average molecular weight is 460 g/mol. The van der Waals surface area contributed by atoms with E-state index in [4.69, 9.17) is 11.6 Å². The molecule has 0 bridgehead atoms. The number of nitrogens with zero attached hydrogens (tertiary/aromatic N) is 4. The molecule has 1 saturated carbocycles. The standard InChI is InChI=1S/C25H22ClN5O2/c1-16(32)31(15-17-2-3-17)23-7-5-18(12-21(23)26)22-6-4-19(14-28-22)25(33)29-20-8-10-30-11-9-27-24(30)13-20/h4-14,17H,2-3,15H2,1H3,(H,29,33). The number of nitrogens with one attached hydrogen (secondary N) is 1. The Kier molecular flexibility index (Phi) is 5.56. The first-order valence-corrected chi connectivity index (χ1v) is 11.1. The smallest absolute Gasteiger partial charge is 0.257 e. The molecular weight excluding hydrogens is 438 g/mol. The summed E-state index contributed by atoms with van der Waals surface area (Å²) in [6, 6.07) is 12.7. The minimum Gasteiger partial charge on any atom is -0.322 e. The zero-order valence-electron chi connectivity index (χ0n) is 18.0. The lowest BCUT2D eigenvalue weighted by Gasteiger charge is -2.22. The largest absolute Gasteiger partial charge is 0.322 e. The molecule has 5 rings (SSSR count). The molecule has 0 saturated heterocycles. The molecule has 1 aliphatic rings. The van der Waals surface area contributed by atoms with Gasteiger partial charge in [0, 0.05) is 55.6 Å². The summed E-state index contributed by atoms with van der Waals surface area (Å²) < 4.78 is 1.87. The number of hydrogen-bond acceptors (Lipinski definition) is 4. The summed E-state index contributed by atoms with van der Waals surface area (Å²) in [4.78, 5) is 35.1. The molecule has 3 heterocycles. The molecule has 4 aromatic rings. The van der Waals surface area contributed by atoms with E-state index in [1.165, 1.54) is 6.20 Å². The Morgan fingerprint density at radius 1 is 1.12 bits per heavy atom. The van der Waals surface area contributed by atoms with Crippen LogP contribution in [0.2, 0.25) is 5.02 Å². The normalized spacial score (nSPS) is 13.2. The van der Waals surface area contributed by atoms with E-state index in [0.717, 1.165) is 24.1 Å². The number of halogens is 1. The molecule has 2 amide bonds. The first-order chi connectivity index (χ1) is 16.0. The molecule has 3 aromatic heterocycles. The summed E-state index contributed by atoms with van der Waals surface area (Å²) >= 11 is 6.53. The van der Waals surface area contributed by atoms with E-state index in [0.29, 0.717) is 40.1 Å². The number of carbonyl (C=O) groups is 2. The summed E-state index contributed by atoms with van der Waals surface area (Å²) in [6.45, 7) is 2.26. The van der Waals surface area contributed by atoms with Crippen molar-refractivity contribution in [3.05, 3.63) is 77.8 Å². The van der Waals surface area contributed by atoms with Gasteiger partial charge >= 0.3 is 0 Å². The van der Waals surface area contributed by atoms with Gasteiger partial charge in [-0.1, -0.05) is 17.7 Å². The van der Waals surface area contributed by atoms with E-state index >= 15 is 0 Å². The molecule has 8 heteroatoms. The van der Waals surface area contributed by atoms with Crippen LogP contribution in [0.3, 0.4) is 0 Å². The number of fused-ring (bicyclic) bond motifs is 1. The van der Waals surface area contributed by atoms with E-state index < -0.39 is 0 Å². The summed E-state index contributed by atoms with van der Waals surface area (Å²) in [5.41, 5.74) is 4.07. The van der Waals surface area contributed by atoms with Crippen LogP contribution in [0.25, 0.3) is 16.9 Å². The van der Waals surface area contributed by atoms with Crippen LogP contribution in [0, 0.1) is 5.92 Å². The number of anilines is 2. The highest BCUT2D eigenvalue weighted by Crippen LogP contribution is 2.35. The third-order valence-corrected chi connectivity index (χ3v) is 6.04. The lowest BCUT2D eigenvalue weighted by Crippen LogP contribution is -2.30. The zero-order chi connectivity index (χ0) is 22.9. The van der Waals surface area contributed by atoms with Crippen LogP contribution in [-0.4, -0.2) is 32.7 Å². The Hall–Kier alpha value is -3.71. The van der Waals surface area contributed by atoms with Crippen molar-refractivity contribution in [3.8, 4) is 11.3 Å². The van der Waals surface area contributed by atoms with E-state index in [-0.39, 0.29) is 11.8 Å². The topological polar surface area (TPSA) is 79.6 Å². The lowest BCUT2D eigenvalue weighted by atomic mass is 10.1. The summed E-state index contributed by atoms with van der Waals surface area (Å²) in [5, 5.41) is 3.37. The third kappa shape index (κ3) is 4.59. The van der Waals surface area contributed by atoms with Crippen LogP contribution >= 0.6 is 11.6 Å². The Morgan fingerprint density at radius 2 is 1.97 bits per heavy atom. The number of hydrogen-bond donors (Lipinski definition) is 1. The SMILES string of the molecule is CC(=O)N(CC1CC1)c1ccc(-c2ccc(C(=O)Nc3ccn4ccnc4c3)cn2)cc1Cl. The van der Waals surface area contributed by atoms with E-state index in [2.05, 4.69) is 15.3 Å². The van der Waals surface area contributed by atoms with Crippen LogP contribution in [-0.2, 0) is 4.79 Å². The maximum Gasteiger partial charge on any atom is 0.257 e. The number of aromatic nitrogens is 3. The van der Waals surface area contributed by atoms with Gasteiger partial charge in [-0.15, -0.1) is 0 Å². The number of benzene rings is 1. The fourth-order valence-corrected chi connectivity index (χ4v) is 4.01. The molecule has 1 aromatic carbocycles. The number of carbonyl (C=O) groups excluding carboxylic acids is 2. The van der Waals surface area contributed by atoms with Crippen molar-refractivity contribution < 1.29 is 9.59 Å². The lowest BCUT2D eigenvalue weighted by molar-refractivity contribution is -0.116. The van der Waals surface area contributed by atoms with E-state index in [9.17, 15) is 9.59 Å². The van der Waals surface area contributed by atoms with Gasteiger partial charge in [-0.25, -0.2) is 4.98 Å². The highest BCUT2D eigenvalue weighted by molar-refractivity contribution is 6.34. The van der Waals surface area contributed by atoms with Crippen LogP contribution in [0.5, 0.6) is 0 Å². The van der Waals surface area contributed by atoms with Gasteiger partial charge in [0.1, 0.15) is 5.65 Å². The Balaban J connectivity index is 1.31. The molecule has 0 aliphatic heterocycles. The minimum atomic E-state index is -0.254. The number of amides is 2. The molecule has 1 fully saturated rings. The predicted molar refractivity (Wildman–Crippen MR) is 129 cm³/mol. The summed E-state index contributed by atoms with van der Waals surface area (Å²) in [7, 11) is 0. The Bertz CT molecular complexity index is 1340. The summed E-state index contributed by atoms with van der Waals surface area (Å²) in [6.07, 6.45) is 9.23. The molecule has 1 aliphatic carbocycles. The van der Waals surface area contributed by atoms with E-state index in [1.54, 1.807) is 36.2 Å². The van der Waals surface area contributed by atoms with Crippen molar-refractivity contribution in [1.82, 2.24) is 14.4 Å². The fourth-order valence-electron chi connectivity index (χ4n) is 3.73. The van der Waals surface area contributed by atoms with Crippen molar-refractivity contribution in [3.63, 3.8) is 0 Å². The molecule has 0 atom stereocenters. The highest BCUT2D eigenvalue weighted by Gasteiger charge is 2.27.